The van der Waals surface area contributed by atoms with Gasteiger partial charge in [0.25, 0.3) is 0 Å². The highest BCUT2D eigenvalue weighted by Crippen LogP contribution is 2.46. The van der Waals surface area contributed by atoms with Crippen LogP contribution < -0.4 is 0 Å². The molecule has 0 unspecified atom stereocenters. The zero-order valence-electron chi connectivity index (χ0n) is 17.6. The number of hydrogen-bond acceptors (Lipinski definition) is 1. The van der Waals surface area contributed by atoms with Crippen LogP contribution in [0.4, 0.5) is 0 Å². The van der Waals surface area contributed by atoms with Crippen LogP contribution in [0.3, 0.4) is 0 Å². The maximum absolute atomic E-state index is 9.86. The molecule has 0 amide bonds. The number of aromatic hydroxyl groups is 1. The van der Waals surface area contributed by atoms with Crippen molar-refractivity contribution >= 4 is 0 Å². The van der Waals surface area contributed by atoms with E-state index in [2.05, 4.69) is 91.0 Å². The smallest absolute Gasteiger partial charge is 0.115 e. The molecule has 32 heavy (non-hydrogen) atoms. The van der Waals surface area contributed by atoms with Gasteiger partial charge in [0.1, 0.15) is 5.75 Å². The van der Waals surface area contributed by atoms with Crippen LogP contribution in [-0.4, -0.2) is 5.11 Å². The number of hydrogen-bond donors (Lipinski definition) is 1. The standard InChI is InChI=1S/C31H22O/c32-26-14-11-23(12-15-26)31-28(22-9-5-2-6-10-22)17-18-29-27-16-13-24(19-25(27)20-30(29)31)21-7-3-1-4-8-21/h1-19,32H,20H2. The topological polar surface area (TPSA) is 20.2 Å². The minimum atomic E-state index is 0.290. The molecule has 1 aliphatic rings. The predicted octanol–water partition coefficient (Wildman–Crippen LogP) is 7.96. The van der Waals surface area contributed by atoms with Crippen LogP contribution in [0.25, 0.3) is 44.5 Å². The third-order valence-corrected chi connectivity index (χ3v) is 6.42. The van der Waals surface area contributed by atoms with Crippen molar-refractivity contribution in [3.63, 3.8) is 0 Å². The molecule has 0 heterocycles. The average Bonchev–Trinajstić information content (AvgIpc) is 3.23. The SMILES string of the molecule is Oc1ccc(-c2c(-c3ccccc3)ccc3c2Cc2cc(-c4ccccc4)ccc2-3)cc1. The summed E-state index contributed by atoms with van der Waals surface area (Å²) in [7, 11) is 0. The molecule has 0 spiro atoms. The first-order valence-corrected chi connectivity index (χ1v) is 11.0. The van der Waals surface area contributed by atoms with Gasteiger partial charge in [-0.3, -0.25) is 0 Å². The first kappa shape index (κ1) is 18.7. The molecular weight excluding hydrogens is 388 g/mol. The van der Waals surface area contributed by atoms with Gasteiger partial charge in [-0.15, -0.1) is 0 Å². The van der Waals surface area contributed by atoms with Gasteiger partial charge < -0.3 is 5.11 Å². The highest BCUT2D eigenvalue weighted by molar-refractivity contribution is 5.94. The van der Waals surface area contributed by atoms with Crippen molar-refractivity contribution in [2.75, 3.05) is 0 Å². The largest absolute Gasteiger partial charge is 0.508 e. The third kappa shape index (κ3) is 3.11. The van der Waals surface area contributed by atoms with E-state index in [-0.39, 0.29) is 0 Å². The lowest BCUT2D eigenvalue weighted by Gasteiger charge is -2.16. The van der Waals surface area contributed by atoms with Crippen molar-refractivity contribution in [3.8, 4) is 50.3 Å². The zero-order chi connectivity index (χ0) is 21.5. The van der Waals surface area contributed by atoms with Crippen molar-refractivity contribution in [2.45, 2.75) is 6.42 Å². The Labute approximate surface area is 188 Å². The van der Waals surface area contributed by atoms with Crippen molar-refractivity contribution < 1.29 is 5.11 Å². The maximum Gasteiger partial charge on any atom is 0.115 e. The van der Waals surface area contributed by atoms with Crippen LogP contribution in [0.15, 0.2) is 115 Å². The quantitative estimate of drug-likeness (QED) is 0.314. The molecule has 0 saturated carbocycles. The molecule has 0 saturated heterocycles. The maximum atomic E-state index is 9.86. The summed E-state index contributed by atoms with van der Waals surface area (Å²) in [5.41, 5.74) is 12.7. The summed E-state index contributed by atoms with van der Waals surface area (Å²) < 4.78 is 0. The molecule has 1 N–H and O–H groups in total. The molecule has 1 aliphatic carbocycles. The molecule has 0 aromatic heterocycles. The van der Waals surface area contributed by atoms with Crippen molar-refractivity contribution in [1.29, 1.82) is 0 Å². The summed E-state index contributed by atoms with van der Waals surface area (Å²) in [6, 6.07) is 40.1. The Morgan fingerprint density at radius 1 is 0.469 bits per heavy atom. The fourth-order valence-corrected chi connectivity index (χ4v) is 4.90. The van der Waals surface area contributed by atoms with Gasteiger partial charge >= 0.3 is 0 Å². The van der Waals surface area contributed by atoms with Crippen LogP contribution in [-0.2, 0) is 6.42 Å². The van der Waals surface area contributed by atoms with E-state index in [9.17, 15) is 5.11 Å². The van der Waals surface area contributed by atoms with E-state index in [1.807, 2.05) is 12.1 Å². The molecule has 1 heteroatoms. The Morgan fingerprint density at radius 2 is 1.06 bits per heavy atom. The lowest BCUT2D eigenvalue weighted by Crippen LogP contribution is -1.93. The lowest BCUT2D eigenvalue weighted by molar-refractivity contribution is 0.475. The van der Waals surface area contributed by atoms with E-state index in [4.69, 9.17) is 0 Å². The minimum absolute atomic E-state index is 0.290. The van der Waals surface area contributed by atoms with E-state index in [0.29, 0.717) is 5.75 Å². The van der Waals surface area contributed by atoms with E-state index >= 15 is 0 Å². The highest BCUT2D eigenvalue weighted by Gasteiger charge is 2.24. The van der Waals surface area contributed by atoms with Gasteiger partial charge in [0, 0.05) is 0 Å². The van der Waals surface area contributed by atoms with Crippen LogP contribution in [0, 0.1) is 0 Å². The van der Waals surface area contributed by atoms with E-state index in [1.54, 1.807) is 12.1 Å². The van der Waals surface area contributed by atoms with Crippen LogP contribution in [0.1, 0.15) is 11.1 Å². The Kier molecular flexibility index (Phi) is 4.40. The summed E-state index contributed by atoms with van der Waals surface area (Å²) in [5.74, 6) is 0.290. The predicted molar refractivity (Wildman–Crippen MR) is 133 cm³/mol. The number of phenols is 1. The van der Waals surface area contributed by atoms with E-state index < -0.39 is 0 Å². The van der Waals surface area contributed by atoms with Gasteiger partial charge in [-0.25, -0.2) is 0 Å². The van der Waals surface area contributed by atoms with Gasteiger partial charge in [0.15, 0.2) is 0 Å². The molecule has 5 aromatic carbocycles. The van der Waals surface area contributed by atoms with Gasteiger partial charge in [-0.05, 0) is 74.2 Å². The molecular formula is C31H22O. The van der Waals surface area contributed by atoms with Crippen LogP contribution in [0.5, 0.6) is 5.75 Å². The molecule has 0 bridgehead atoms. The molecule has 5 aromatic rings. The average molecular weight is 411 g/mol. The van der Waals surface area contributed by atoms with Gasteiger partial charge in [0.05, 0.1) is 0 Å². The second kappa shape index (κ2) is 7.55. The first-order valence-electron chi connectivity index (χ1n) is 11.0. The fourth-order valence-electron chi connectivity index (χ4n) is 4.90. The Balaban J connectivity index is 1.54. The molecule has 0 atom stereocenters. The Morgan fingerprint density at radius 3 is 1.78 bits per heavy atom. The lowest BCUT2D eigenvalue weighted by atomic mass is 9.88. The summed E-state index contributed by atoms with van der Waals surface area (Å²) in [6.45, 7) is 0. The molecule has 6 rings (SSSR count). The van der Waals surface area contributed by atoms with Crippen LogP contribution in [0.2, 0.25) is 0 Å². The van der Waals surface area contributed by atoms with Crippen molar-refractivity contribution in [2.24, 2.45) is 0 Å². The highest BCUT2D eigenvalue weighted by atomic mass is 16.3. The number of phenolic OH excluding ortho intramolecular Hbond substituents is 1. The molecule has 0 aliphatic heterocycles. The fraction of sp³-hybridized carbons (Fsp3) is 0.0323. The second-order valence-corrected chi connectivity index (χ2v) is 8.34. The summed E-state index contributed by atoms with van der Waals surface area (Å²) in [6.07, 6.45) is 0.905. The first-order chi connectivity index (χ1) is 15.8. The van der Waals surface area contributed by atoms with Gasteiger partial charge in [-0.2, -0.15) is 0 Å². The monoisotopic (exact) mass is 410 g/mol. The van der Waals surface area contributed by atoms with Crippen LogP contribution >= 0.6 is 0 Å². The van der Waals surface area contributed by atoms with E-state index in [1.165, 1.54) is 50.1 Å². The molecule has 1 nitrogen and oxygen atoms in total. The Bertz CT molecular complexity index is 1420. The van der Waals surface area contributed by atoms with Gasteiger partial charge in [0.2, 0.25) is 0 Å². The minimum Gasteiger partial charge on any atom is -0.508 e. The normalized spacial score (nSPS) is 11.8. The number of fused-ring (bicyclic) bond motifs is 3. The molecule has 0 radical (unpaired) electrons. The van der Waals surface area contributed by atoms with Crippen molar-refractivity contribution in [3.05, 3.63) is 126 Å². The summed E-state index contributed by atoms with van der Waals surface area (Å²) >= 11 is 0. The summed E-state index contributed by atoms with van der Waals surface area (Å²) in [5, 5.41) is 9.86. The second-order valence-electron chi connectivity index (χ2n) is 8.34. The number of benzene rings is 5. The number of rotatable bonds is 3. The Hall–Kier alpha value is -4.10. The zero-order valence-corrected chi connectivity index (χ0v) is 17.6. The third-order valence-electron chi connectivity index (χ3n) is 6.42. The molecule has 0 fully saturated rings. The van der Waals surface area contributed by atoms with E-state index in [0.717, 1.165) is 12.0 Å². The summed E-state index contributed by atoms with van der Waals surface area (Å²) in [4.78, 5) is 0. The van der Waals surface area contributed by atoms with Crippen molar-refractivity contribution in [1.82, 2.24) is 0 Å². The molecule has 152 valence electrons. The van der Waals surface area contributed by atoms with Gasteiger partial charge in [-0.1, -0.05) is 103 Å².